The molecule has 0 radical (unpaired) electrons. The standard InChI is InChI=1S/C39H42N4O6S/c1-25(2)21-32(27-17-19-31(20-18-27)41-39(50)40-30-15-7-4-8-16-30)36(45)43-34(38(48)49)24-29-14-10-9-13-28(29)23-33(37(46)47)42-35(44)22-26-11-5-3-6-12-26/h3-20,25,32-34H,21-24H2,1-2H3,(H,42,44)(H,43,45)(H,46,47)(H,48,49)(H2,40,41,50). The number of aliphatic carboxylic acids is 2. The molecule has 2 amide bonds. The molecule has 0 spiro atoms. The molecule has 0 aliphatic rings. The fourth-order valence-corrected chi connectivity index (χ4v) is 5.81. The summed E-state index contributed by atoms with van der Waals surface area (Å²) in [7, 11) is 0. The van der Waals surface area contributed by atoms with Crippen LogP contribution in [0.3, 0.4) is 0 Å². The normalized spacial score (nSPS) is 12.6. The summed E-state index contributed by atoms with van der Waals surface area (Å²) in [5, 5.41) is 32.1. The van der Waals surface area contributed by atoms with Crippen LogP contribution in [-0.4, -0.2) is 51.2 Å². The lowest BCUT2D eigenvalue weighted by atomic mass is 9.88. The van der Waals surface area contributed by atoms with E-state index in [1.807, 2.05) is 74.5 Å². The van der Waals surface area contributed by atoms with E-state index in [0.717, 1.165) is 22.5 Å². The molecular weight excluding hydrogens is 653 g/mol. The van der Waals surface area contributed by atoms with Crippen LogP contribution in [0.5, 0.6) is 0 Å². The first kappa shape index (κ1) is 37.3. The van der Waals surface area contributed by atoms with Crippen LogP contribution in [0, 0.1) is 5.92 Å². The highest BCUT2D eigenvalue weighted by Crippen LogP contribution is 2.26. The Morgan fingerprint density at radius 1 is 0.640 bits per heavy atom. The van der Waals surface area contributed by atoms with Crippen LogP contribution in [0.1, 0.15) is 48.4 Å². The third-order valence-corrected chi connectivity index (χ3v) is 8.25. The van der Waals surface area contributed by atoms with E-state index in [2.05, 4.69) is 21.3 Å². The van der Waals surface area contributed by atoms with Crippen molar-refractivity contribution in [1.29, 1.82) is 0 Å². The molecule has 0 saturated carbocycles. The van der Waals surface area contributed by atoms with E-state index in [1.54, 1.807) is 48.5 Å². The fourth-order valence-electron chi connectivity index (χ4n) is 5.57. The van der Waals surface area contributed by atoms with Crippen molar-refractivity contribution in [3.63, 3.8) is 0 Å². The quantitative estimate of drug-likeness (QED) is 0.0799. The number of benzene rings is 4. The van der Waals surface area contributed by atoms with Gasteiger partial charge < -0.3 is 31.5 Å². The van der Waals surface area contributed by atoms with Crippen molar-refractivity contribution in [2.75, 3.05) is 10.6 Å². The molecule has 0 saturated heterocycles. The first-order valence-corrected chi connectivity index (χ1v) is 16.8. The molecule has 0 aliphatic heterocycles. The zero-order valence-corrected chi connectivity index (χ0v) is 28.8. The molecule has 260 valence electrons. The van der Waals surface area contributed by atoms with Gasteiger partial charge in [0.15, 0.2) is 5.11 Å². The lowest BCUT2D eigenvalue weighted by Gasteiger charge is -2.23. The molecule has 10 nitrogen and oxygen atoms in total. The van der Waals surface area contributed by atoms with Gasteiger partial charge in [-0.15, -0.1) is 0 Å². The van der Waals surface area contributed by atoms with Crippen LogP contribution < -0.4 is 21.3 Å². The molecule has 0 bridgehead atoms. The van der Waals surface area contributed by atoms with Gasteiger partial charge in [-0.05, 0) is 71.1 Å². The number of carboxylic acid groups (broad SMARTS) is 2. The smallest absolute Gasteiger partial charge is 0.326 e. The maximum absolute atomic E-state index is 13.7. The predicted molar refractivity (Wildman–Crippen MR) is 198 cm³/mol. The van der Waals surface area contributed by atoms with Gasteiger partial charge in [0.2, 0.25) is 11.8 Å². The van der Waals surface area contributed by atoms with Crippen molar-refractivity contribution >= 4 is 52.5 Å². The molecule has 4 rings (SSSR count). The summed E-state index contributed by atoms with van der Waals surface area (Å²) < 4.78 is 0. The number of carbonyl (C=O) groups is 4. The zero-order valence-electron chi connectivity index (χ0n) is 28.0. The molecule has 6 N–H and O–H groups in total. The fraction of sp³-hybridized carbons (Fsp3) is 0.256. The first-order valence-electron chi connectivity index (χ1n) is 16.4. The zero-order chi connectivity index (χ0) is 36.0. The van der Waals surface area contributed by atoms with Crippen LogP contribution in [0.4, 0.5) is 11.4 Å². The van der Waals surface area contributed by atoms with E-state index < -0.39 is 41.8 Å². The van der Waals surface area contributed by atoms with Crippen LogP contribution in [0.15, 0.2) is 109 Å². The van der Waals surface area contributed by atoms with Crippen molar-refractivity contribution in [2.45, 2.75) is 57.5 Å². The van der Waals surface area contributed by atoms with Gasteiger partial charge in [-0.1, -0.05) is 98.8 Å². The number of nitrogens with one attached hydrogen (secondary N) is 4. The number of amides is 2. The highest BCUT2D eigenvalue weighted by Gasteiger charge is 2.29. The van der Waals surface area contributed by atoms with E-state index in [9.17, 15) is 29.4 Å². The second-order valence-corrected chi connectivity index (χ2v) is 12.9. The van der Waals surface area contributed by atoms with Gasteiger partial charge in [0.05, 0.1) is 12.3 Å². The number of anilines is 2. The number of carboxylic acids is 2. The Bertz CT molecular complexity index is 1770. The van der Waals surface area contributed by atoms with Gasteiger partial charge >= 0.3 is 11.9 Å². The molecular formula is C39H42N4O6S. The van der Waals surface area contributed by atoms with Gasteiger partial charge in [-0.3, -0.25) is 9.59 Å². The van der Waals surface area contributed by atoms with Gasteiger partial charge in [-0.25, -0.2) is 9.59 Å². The van der Waals surface area contributed by atoms with E-state index in [0.29, 0.717) is 22.7 Å². The molecule has 3 atom stereocenters. The summed E-state index contributed by atoms with van der Waals surface area (Å²) in [4.78, 5) is 51.0. The van der Waals surface area contributed by atoms with Gasteiger partial charge in [0, 0.05) is 24.2 Å². The topological polar surface area (TPSA) is 157 Å². The summed E-state index contributed by atoms with van der Waals surface area (Å²) in [6.07, 6.45) is 0.366. The van der Waals surface area contributed by atoms with Crippen LogP contribution in [0.25, 0.3) is 0 Å². The van der Waals surface area contributed by atoms with Crippen molar-refractivity contribution < 1.29 is 29.4 Å². The van der Waals surface area contributed by atoms with Crippen molar-refractivity contribution in [1.82, 2.24) is 10.6 Å². The number of carbonyl (C=O) groups excluding carboxylic acids is 2. The molecule has 0 heterocycles. The maximum Gasteiger partial charge on any atom is 0.326 e. The van der Waals surface area contributed by atoms with E-state index in [4.69, 9.17) is 12.2 Å². The molecule has 0 fully saturated rings. The molecule has 11 heteroatoms. The molecule has 4 aromatic carbocycles. The largest absolute Gasteiger partial charge is 0.480 e. The number of rotatable bonds is 16. The summed E-state index contributed by atoms with van der Waals surface area (Å²) in [5.74, 6) is -3.78. The average molecular weight is 695 g/mol. The van der Waals surface area contributed by atoms with Crippen LogP contribution >= 0.6 is 12.2 Å². The SMILES string of the molecule is CC(C)CC(C(=O)NC(Cc1ccccc1CC(NC(=O)Cc1ccccc1)C(=O)O)C(=O)O)c1ccc(NC(=S)Nc2ccccc2)cc1. The van der Waals surface area contributed by atoms with Crippen molar-refractivity contribution in [2.24, 2.45) is 5.92 Å². The van der Waals surface area contributed by atoms with E-state index >= 15 is 0 Å². The number of hydrogen-bond acceptors (Lipinski definition) is 5. The van der Waals surface area contributed by atoms with E-state index in [1.165, 1.54) is 0 Å². The van der Waals surface area contributed by atoms with Gasteiger partial charge in [0.1, 0.15) is 12.1 Å². The first-order chi connectivity index (χ1) is 24.0. The summed E-state index contributed by atoms with van der Waals surface area (Å²) in [6, 6.07) is 30.1. The Morgan fingerprint density at radius 3 is 1.64 bits per heavy atom. The summed E-state index contributed by atoms with van der Waals surface area (Å²) in [5.41, 5.74) is 4.16. The Balaban J connectivity index is 1.44. The number of thiocarbonyl (C=S) groups is 1. The highest BCUT2D eigenvalue weighted by atomic mass is 32.1. The Labute approximate surface area is 297 Å². The van der Waals surface area contributed by atoms with Crippen molar-refractivity contribution in [3.05, 3.63) is 131 Å². The summed E-state index contributed by atoms with van der Waals surface area (Å²) >= 11 is 5.42. The van der Waals surface area contributed by atoms with Crippen LogP contribution in [0.2, 0.25) is 0 Å². The minimum atomic E-state index is -1.28. The minimum Gasteiger partial charge on any atom is -0.480 e. The Morgan fingerprint density at radius 2 is 1.12 bits per heavy atom. The molecule has 0 aromatic heterocycles. The second kappa shape index (κ2) is 18.3. The third-order valence-electron chi connectivity index (χ3n) is 8.05. The maximum atomic E-state index is 13.7. The molecule has 0 aliphatic carbocycles. The van der Waals surface area contributed by atoms with Gasteiger partial charge in [-0.2, -0.15) is 0 Å². The third kappa shape index (κ3) is 11.6. The minimum absolute atomic E-state index is 0.0229. The highest BCUT2D eigenvalue weighted by molar-refractivity contribution is 7.80. The Hall–Kier alpha value is -5.55. The Kier molecular flexibility index (Phi) is 13.6. The molecule has 4 aromatic rings. The number of hydrogen-bond donors (Lipinski definition) is 6. The van der Waals surface area contributed by atoms with Crippen LogP contribution in [-0.2, 0) is 38.4 Å². The van der Waals surface area contributed by atoms with Gasteiger partial charge in [0.25, 0.3) is 0 Å². The molecule has 3 unspecified atom stereocenters. The predicted octanol–water partition coefficient (Wildman–Crippen LogP) is 5.79. The number of para-hydroxylation sites is 1. The summed E-state index contributed by atoms with van der Waals surface area (Å²) in [6.45, 7) is 3.98. The lowest BCUT2D eigenvalue weighted by molar-refractivity contribution is -0.142. The van der Waals surface area contributed by atoms with E-state index in [-0.39, 0.29) is 25.2 Å². The average Bonchev–Trinajstić information content (AvgIpc) is 3.08. The van der Waals surface area contributed by atoms with Crippen molar-refractivity contribution in [3.8, 4) is 0 Å². The molecule has 50 heavy (non-hydrogen) atoms. The monoisotopic (exact) mass is 694 g/mol. The second-order valence-electron chi connectivity index (χ2n) is 12.4. The lowest BCUT2D eigenvalue weighted by Crippen LogP contribution is -2.45.